The van der Waals surface area contributed by atoms with Gasteiger partial charge < -0.3 is 10.1 Å². The van der Waals surface area contributed by atoms with Gasteiger partial charge in [-0.3, -0.25) is 0 Å². The van der Waals surface area contributed by atoms with Crippen molar-refractivity contribution in [3.63, 3.8) is 0 Å². The maximum Gasteiger partial charge on any atom is 0.410 e. The average Bonchev–Trinajstić information content (AvgIpc) is 2.89. The topological polar surface area (TPSA) is 56.1 Å². The van der Waals surface area contributed by atoms with Crippen LogP contribution in [0.2, 0.25) is 5.02 Å². The third-order valence-electron chi connectivity index (χ3n) is 4.28. The fraction of sp³-hybridized carbons (Fsp3) is 0.412. The molecule has 3 rings (SSSR count). The van der Waals surface area contributed by atoms with E-state index in [1.165, 1.54) is 6.92 Å². The summed E-state index contributed by atoms with van der Waals surface area (Å²) in [6.45, 7) is 3.24. The molecular weight excluding hydrogens is 371 g/mol. The highest BCUT2D eigenvalue weighted by atomic mass is 35.5. The van der Waals surface area contributed by atoms with Crippen molar-refractivity contribution >= 4 is 23.4 Å². The van der Waals surface area contributed by atoms with Gasteiger partial charge in [0.15, 0.2) is 6.04 Å². The van der Waals surface area contributed by atoms with Crippen LogP contribution in [0.1, 0.15) is 47.0 Å². The van der Waals surface area contributed by atoms with Crippen LogP contribution in [0.3, 0.4) is 0 Å². The van der Waals surface area contributed by atoms with Crippen LogP contribution < -0.4 is 5.32 Å². The first-order valence-corrected chi connectivity index (χ1v) is 8.45. The lowest BCUT2D eigenvalue weighted by molar-refractivity contribution is -0.173. The van der Waals surface area contributed by atoms with E-state index in [9.17, 15) is 18.0 Å². The smallest absolute Gasteiger partial charge is 0.410 e. The predicted octanol–water partition coefficient (Wildman–Crippen LogP) is 4.68. The number of carbonyl (C=O) groups excluding carboxylic acids is 1. The van der Waals surface area contributed by atoms with Crippen LogP contribution in [0.15, 0.2) is 24.3 Å². The van der Waals surface area contributed by atoms with Gasteiger partial charge >= 0.3 is 12.1 Å². The standard InChI is InChI=1S/C17H17ClF3N3O2/c1-3-26-16(25)14-9(2)23-24-13(17(19,20)21)8-12(22-15(14)24)10-4-6-11(18)7-5-10/h4-7,12-13,22H,3,8H2,1-2H3/t12-,13-/m1/s1. The minimum Gasteiger partial charge on any atom is -0.462 e. The predicted molar refractivity (Wildman–Crippen MR) is 90.4 cm³/mol. The van der Waals surface area contributed by atoms with E-state index in [1.54, 1.807) is 31.2 Å². The van der Waals surface area contributed by atoms with Crippen LogP contribution in [-0.4, -0.2) is 28.5 Å². The Labute approximate surface area is 153 Å². The monoisotopic (exact) mass is 387 g/mol. The van der Waals surface area contributed by atoms with E-state index >= 15 is 0 Å². The lowest BCUT2D eigenvalue weighted by Gasteiger charge is -2.34. The fourth-order valence-corrected chi connectivity index (χ4v) is 3.22. The number of aryl methyl sites for hydroxylation is 1. The molecule has 0 spiro atoms. The van der Waals surface area contributed by atoms with Crippen LogP contribution in [-0.2, 0) is 4.74 Å². The summed E-state index contributed by atoms with van der Waals surface area (Å²) in [7, 11) is 0. The molecule has 5 nitrogen and oxygen atoms in total. The second kappa shape index (κ2) is 6.83. The molecule has 0 aliphatic carbocycles. The molecule has 0 saturated heterocycles. The van der Waals surface area contributed by atoms with Gasteiger partial charge in [0.25, 0.3) is 0 Å². The summed E-state index contributed by atoms with van der Waals surface area (Å²) in [5, 5.41) is 7.47. The number of ether oxygens (including phenoxy) is 1. The van der Waals surface area contributed by atoms with Gasteiger partial charge in [-0.2, -0.15) is 18.3 Å². The van der Waals surface area contributed by atoms with Gasteiger partial charge in [-0.1, -0.05) is 23.7 Å². The molecule has 1 aromatic carbocycles. The number of nitrogens with zero attached hydrogens (tertiary/aromatic N) is 2. The van der Waals surface area contributed by atoms with E-state index in [2.05, 4.69) is 10.4 Å². The first-order valence-electron chi connectivity index (χ1n) is 8.07. The number of carbonyl (C=O) groups is 1. The summed E-state index contributed by atoms with van der Waals surface area (Å²) in [5.74, 6) is -0.675. The Morgan fingerprint density at radius 1 is 1.38 bits per heavy atom. The van der Waals surface area contributed by atoms with Crippen LogP contribution in [0.25, 0.3) is 0 Å². The number of hydrogen-bond acceptors (Lipinski definition) is 4. The van der Waals surface area contributed by atoms with Gasteiger partial charge in [0, 0.05) is 11.4 Å². The van der Waals surface area contributed by atoms with Gasteiger partial charge in [-0.05, 0) is 31.5 Å². The van der Waals surface area contributed by atoms with Gasteiger partial charge in [-0.15, -0.1) is 0 Å². The Morgan fingerprint density at radius 3 is 2.62 bits per heavy atom. The molecule has 2 heterocycles. The average molecular weight is 388 g/mol. The van der Waals surface area contributed by atoms with Crippen molar-refractivity contribution in [3.05, 3.63) is 46.1 Å². The van der Waals surface area contributed by atoms with Gasteiger partial charge in [0.1, 0.15) is 11.4 Å². The molecule has 1 aromatic heterocycles. The van der Waals surface area contributed by atoms with E-state index in [0.29, 0.717) is 10.6 Å². The Kier molecular flexibility index (Phi) is 4.88. The van der Waals surface area contributed by atoms with Crippen molar-refractivity contribution < 1.29 is 22.7 Å². The Hall–Kier alpha value is -2.22. The van der Waals surface area contributed by atoms with Crippen LogP contribution >= 0.6 is 11.6 Å². The van der Waals surface area contributed by atoms with Crippen molar-refractivity contribution in [2.45, 2.75) is 38.5 Å². The highest BCUT2D eigenvalue weighted by Gasteiger charge is 2.48. The first-order chi connectivity index (χ1) is 12.2. The molecule has 0 bridgehead atoms. The van der Waals surface area contributed by atoms with Crippen LogP contribution in [0, 0.1) is 6.92 Å². The molecule has 140 valence electrons. The molecule has 9 heteroatoms. The molecular formula is C17H17ClF3N3O2. The number of rotatable bonds is 3. The SMILES string of the molecule is CCOC(=O)c1c(C)nn2c1N[C@@H](c1ccc(Cl)cc1)C[C@@H]2C(F)(F)F. The maximum absolute atomic E-state index is 13.6. The fourth-order valence-electron chi connectivity index (χ4n) is 3.09. The van der Waals surface area contributed by atoms with E-state index in [-0.39, 0.29) is 30.1 Å². The second-order valence-corrected chi connectivity index (χ2v) is 6.45. The van der Waals surface area contributed by atoms with E-state index in [0.717, 1.165) is 4.68 Å². The van der Waals surface area contributed by atoms with Crippen LogP contribution in [0.4, 0.5) is 19.0 Å². The molecule has 0 amide bonds. The summed E-state index contributed by atoms with van der Waals surface area (Å²) in [6.07, 6.45) is -4.76. The molecule has 1 N–H and O–H groups in total. The van der Waals surface area contributed by atoms with E-state index in [1.807, 2.05) is 0 Å². The molecule has 0 radical (unpaired) electrons. The Morgan fingerprint density at radius 2 is 2.04 bits per heavy atom. The summed E-state index contributed by atoms with van der Waals surface area (Å²) in [5.41, 5.74) is 0.861. The second-order valence-electron chi connectivity index (χ2n) is 6.02. The van der Waals surface area contributed by atoms with Crippen molar-refractivity contribution in [1.82, 2.24) is 9.78 Å². The molecule has 2 aromatic rings. The Bertz CT molecular complexity index is 818. The molecule has 0 fully saturated rings. The van der Waals surface area contributed by atoms with Gasteiger partial charge in [-0.25, -0.2) is 9.48 Å². The number of esters is 1. The van der Waals surface area contributed by atoms with Crippen molar-refractivity contribution in [2.24, 2.45) is 0 Å². The lowest BCUT2D eigenvalue weighted by atomic mass is 9.96. The van der Waals surface area contributed by atoms with Crippen molar-refractivity contribution in [2.75, 3.05) is 11.9 Å². The third kappa shape index (κ3) is 3.38. The minimum atomic E-state index is -4.51. The number of anilines is 1. The number of aromatic nitrogens is 2. The number of fused-ring (bicyclic) bond motifs is 1. The maximum atomic E-state index is 13.6. The Balaban J connectivity index is 2.08. The third-order valence-corrected chi connectivity index (χ3v) is 4.53. The van der Waals surface area contributed by atoms with E-state index < -0.39 is 24.2 Å². The number of hydrogen-bond donors (Lipinski definition) is 1. The highest BCUT2D eigenvalue weighted by molar-refractivity contribution is 6.30. The van der Waals surface area contributed by atoms with Crippen molar-refractivity contribution in [1.29, 1.82) is 0 Å². The molecule has 1 aliphatic rings. The quantitative estimate of drug-likeness (QED) is 0.777. The number of nitrogens with one attached hydrogen (secondary N) is 1. The van der Waals surface area contributed by atoms with Gasteiger partial charge in [0.05, 0.1) is 18.3 Å². The van der Waals surface area contributed by atoms with Crippen LogP contribution in [0.5, 0.6) is 0 Å². The zero-order valence-electron chi connectivity index (χ0n) is 14.1. The normalized spacial score (nSPS) is 19.6. The molecule has 2 atom stereocenters. The molecule has 0 unspecified atom stereocenters. The molecule has 1 aliphatic heterocycles. The summed E-state index contributed by atoms with van der Waals surface area (Å²) in [6, 6.07) is 4.07. The zero-order valence-corrected chi connectivity index (χ0v) is 14.9. The zero-order chi connectivity index (χ0) is 19.1. The van der Waals surface area contributed by atoms with E-state index in [4.69, 9.17) is 16.3 Å². The number of benzene rings is 1. The highest BCUT2D eigenvalue weighted by Crippen LogP contribution is 2.45. The summed E-state index contributed by atoms with van der Waals surface area (Å²) >= 11 is 5.86. The summed E-state index contributed by atoms with van der Waals surface area (Å²) in [4.78, 5) is 12.2. The largest absolute Gasteiger partial charge is 0.462 e. The lowest BCUT2D eigenvalue weighted by Crippen LogP contribution is -2.36. The molecule has 26 heavy (non-hydrogen) atoms. The van der Waals surface area contributed by atoms with Crippen molar-refractivity contribution in [3.8, 4) is 0 Å². The van der Waals surface area contributed by atoms with Gasteiger partial charge in [0.2, 0.25) is 0 Å². The molecule has 0 saturated carbocycles. The minimum absolute atomic E-state index is 0.0227. The first kappa shape index (κ1) is 18.6. The summed E-state index contributed by atoms with van der Waals surface area (Å²) < 4.78 is 46.7. The number of halogens is 4. The number of alkyl halides is 3.